The highest BCUT2D eigenvalue weighted by Crippen LogP contribution is 2.23. The number of likely N-dealkylation sites (N-methyl/N-ethyl adjacent to an activating group) is 1. The highest BCUT2D eigenvalue weighted by atomic mass is 19.1. The minimum Gasteiger partial charge on any atom is -0.372 e. The fraction of sp³-hybridized carbons (Fsp3) is 0.353. The van der Waals surface area contributed by atoms with Gasteiger partial charge < -0.3 is 10.2 Å². The standard InChI is InChI=1S/C17H22FN3/c1-3-19-13-15-5-4-6-16(18)17(15)21(2)12-9-14-7-10-20-11-8-14/h4-8,10-11,19H,3,9,12-13H2,1-2H3. The lowest BCUT2D eigenvalue weighted by molar-refractivity contribution is 0.615. The van der Waals surface area contributed by atoms with Crippen LogP contribution in [0.5, 0.6) is 0 Å². The summed E-state index contributed by atoms with van der Waals surface area (Å²) in [4.78, 5) is 6.00. The lowest BCUT2D eigenvalue weighted by atomic mass is 10.1. The van der Waals surface area contributed by atoms with Crippen LogP contribution in [0.15, 0.2) is 42.7 Å². The van der Waals surface area contributed by atoms with Crippen molar-refractivity contribution >= 4 is 5.69 Å². The van der Waals surface area contributed by atoms with E-state index in [9.17, 15) is 4.39 Å². The minimum atomic E-state index is -0.164. The second-order valence-electron chi connectivity index (χ2n) is 5.05. The molecule has 0 saturated heterocycles. The van der Waals surface area contributed by atoms with E-state index in [2.05, 4.69) is 10.3 Å². The Labute approximate surface area is 125 Å². The number of halogens is 1. The van der Waals surface area contributed by atoms with Crippen LogP contribution in [-0.2, 0) is 13.0 Å². The zero-order valence-corrected chi connectivity index (χ0v) is 12.6. The van der Waals surface area contributed by atoms with Gasteiger partial charge in [-0.05, 0) is 42.3 Å². The average Bonchev–Trinajstić information content (AvgIpc) is 2.51. The molecule has 2 rings (SSSR count). The summed E-state index contributed by atoms with van der Waals surface area (Å²) in [6.07, 6.45) is 4.44. The minimum absolute atomic E-state index is 0.164. The van der Waals surface area contributed by atoms with E-state index in [0.29, 0.717) is 12.2 Å². The third-order valence-electron chi connectivity index (χ3n) is 3.50. The van der Waals surface area contributed by atoms with E-state index in [1.54, 1.807) is 18.5 Å². The Hall–Kier alpha value is -1.94. The molecule has 0 atom stereocenters. The van der Waals surface area contributed by atoms with Crippen molar-refractivity contribution in [3.8, 4) is 0 Å². The molecule has 112 valence electrons. The molecule has 0 saturated carbocycles. The summed E-state index contributed by atoms with van der Waals surface area (Å²) in [6, 6.07) is 9.25. The molecule has 0 unspecified atom stereocenters. The monoisotopic (exact) mass is 287 g/mol. The van der Waals surface area contributed by atoms with Crippen LogP contribution in [0.25, 0.3) is 0 Å². The van der Waals surface area contributed by atoms with Crippen molar-refractivity contribution in [2.24, 2.45) is 0 Å². The second-order valence-corrected chi connectivity index (χ2v) is 5.05. The van der Waals surface area contributed by atoms with E-state index in [1.165, 1.54) is 11.6 Å². The Balaban J connectivity index is 2.08. The Bertz CT molecular complexity index is 557. The van der Waals surface area contributed by atoms with Gasteiger partial charge in [0.1, 0.15) is 5.82 Å². The van der Waals surface area contributed by atoms with Crippen LogP contribution in [0.3, 0.4) is 0 Å². The van der Waals surface area contributed by atoms with Crippen molar-refractivity contribution in [3.05, 3.63) is 59.7 Å². The third-order valence-corrected chi connectivity index (χ3v) is 3.50. The zero-order chi connectivity index (χ0) is 15.1. The van der Waals surface area contributed by atoms with Gasteiger partial charge in [0, 0.05) is 32.5 Å². The Morgan fingerprint density at radius 1 is 1.19 bits per heavy atom. The molecule has 0 fully saturated rings. The highest BCUT2D eigenvalue weighted by molar-refractivity contribution is 5.54. The lowest BCUT2D eigenvalue weighted by Crippen LogP contribution is -2.24. The van der Waals surface area contributed by atoms with Gasteiger partial charge in [0.2, 0.25) is 0 Å². The van der Waals surface area contributed by atoms with Gasteiger partial charge in [0.25, 0.3) is 0 Å². The first kappa shape index (κ1) is 15.4. The van der Waals surface area contributed by atoms with Gasteiger partial charge in [0.15, 0.2) is 0 Å². The molecule has 0 amide bonds. The predicted molar refractivity (Wildman–Crippen MR) is 85.0 cm³/mol. The van der Waals surface area contributed by atoms with Gasteiger partial charge in [-0.3, -0.25) is 4.98 Å². The number of nitrogens with zero attached hydrogens (tertiary/aromatic N) is 2. The number of anilines is 1. The molecule has 1 heterocycles. The number of hydrogen-bond donors (Lipinski definition) is 1. The Morgan fingerprint density at radius 2 is 1.95 bits per heavy atom. The molecule has 0 aliphatic rings. The van der Waals surface area contributed by atoms with E-state index in [0.717, 1.165) is 25.1 Å². The molecule has 0 aliphatic heterocycles. The normalized spacial score (nSPS) is 10.6. The molecule has 0 aliphatic carbocycles. The van der Waals surface area contributed by atoms with Gasteiger partial charge in [-0.1, -0.05) is 19.1 Å². The summed E-state index contributed by atoms with van der Waals surface area (Å²) in [5.74, 6) is -0.164. The third kappa shape index (κ3) is 4.26. The summed E-state index contributed by atoms with van der Waals surface area (Å²) >= 11 is 0. The van der Waals surface area contributed by atoms with E-state index in [1.807, 2.05) is 37.1 Å². The smallest absolute Gasteiger partial charge is 0.146 e. The average molecular weight is 287 g/mol. The van der Waals surface area contributed by atoms with Gasteiger partial charge in [-0.25, -0.2) is 4.39 Å². The Kier molecular flexibility index (Phi) is 5.69. The van der Waals surface area contributed by atoms with E-state index in [4.69, 9.17) is 0 Å². The summed E-state index contributed by atoms with van der Waals surface area (Å²) in [6.45, 7) is 4.37. The SMILES string of the molecule is CCNCc1cccc(F)c1N(C)CCc1ccncc1. The van der Waals surface area contributed by atoms with Crippen LogP contribution in [0, 0.1) is 5.82 Å². The first-order valence-corrected chi connectivity index (χ1v) is 7.30. The summed E-state index contributed by atoms with van der Waals surface area (Å²) in [7, 11) is 1.94. The van der Waals surface area contributed by atoms with Crippen LogP contribution in [-0.4, -0.2) is 25.1 Å². The maximum Gasteiger partial charge on any atom is 0.146 e. The Morgan fingerprint density at radius 3 is 2.67 bits per heavy atom. The van der Waals surface area contributed by atoms with Crippen LogP contribution in [0.1, 0.15) is 18.1 Å². The number of benzene rings is 1. The first-order chi connectivity index (χ1) is 10.2. The molecule has 0 spiro atoms. The fourth-order valence-corrected chi connectivity index (χ4v) is 2.35. The van der Waals surface area contributed by atoms with Crippen LogP contribution >= 0.6 is 0 Å². The van der Waals surface area contributed by atoms with Gasteiger partial charge >= 0.3 is 0 Å². The number of pyridine rings is 1. The zero-order valence-electron chi connectivity index (χ0n) is 12.6. The summed E-state index contributed by atoms with van der Waals surface area (Å²) < 4.78 is 14.2. The van der Waals surface area contributed by atoms with Crippen LogP contribution in [0.4, 0.5) is 10.1 Å². The number of nitrogens with one attached hydrogen (secondary N) is 1. The molecule has 1 N–H and O–H groups in total. The molecule has 21 heavy (non-hydrogen) atoms. The molecule has 4 heteroatoms. The van der Waals surface area contributed by atoms with Crippen molar-refractivity contribution < 1.29 is 4.39 Å². The van der Waals surface area contributed by atoms with Crippen LogP contribution in [0.2, 0.25) is 0 Å². The molecule has 3 nitrogen and oxygen atoms in total. The molecule has 0 radical (unpaired) electrons. The largest absolute Gasteiger partial charge is 0.372 e. The molecule has 2 aromatic rings. The molecular formula is C17H22FN3. The van der Waals surface area contributed by atoms with Gasteiger partial charge in [0.05, 0.1) is 5.69 Å². The molecular weight excluding hydrogens is 265 g/mol. The first-order valence-electron chi connectivity index (χ1n) is 7.30. The van der Waals surface area contributed by atoms with E-state index in [-0.39, 0.29) is 5.82 Å². The number of hydrogen-bond acceptors (Lipinski definition) is 3. The van der Waals surface area contributed by atoms with E-state index >= 15 is 0 Å². The predicted octanol–water partition coefficient (Wildman–Crippen LogP) is 3.01. The fourth-order valence-electron chi connectivity index (χ4n) is 2.35. The van der Waals surface area contributed by atoms with Gasteiger partial charge in [-0.2, -0.15) is 0 Å². The lowest BCUT2D eigenvalue weighted by Gasteiger charge is -2.23. The van der Waals surface area contributed by atoms with Crippen molar-refractivity contribution in [1.82, 2.24) is 10.3 Å². The van der Waals surface area contributed by atoms with Gasteiger partial charge in [-0.15, -0.1) is 0 Å². The van der Waals surface area contributed by atoms with Crippen molar-refractivity contribution in [1.29, 1.82) is 0 Å². The maximum atomic E-state index is 14.2. The molecule has 0 bridgehead atoms. The van der Waals surface area contributed by atoms with Crippen molar-refractivity contribution in [3.63, 3.8) is 0 Å². The van der Waals surface area contributed by atoms with Crippen molar-refractivity contribution in [2.45, 2.75) is 19.9 Å². The topological polar surface area (TPSA) is 28.2 Å². The molecule has 1 aromatic heterocycles. The number of rotatable bonds is 7. The quantitative estimate of drug-likeness (QED) is 0.848. The highest BCUT2D eigenvalue weighted by Gasteiger charge is 2.12. The van der Waals surface area contributed by atoms with E-state index < -0.39 is 0 Å². The van der Waals surface area contributed by atoms with Crippen LogP contribution < -0.4 is 10.2 Å². The summed E-state index contributed by atoms with van der Waals surface area (Å²) in [5.41, 5.74) is 2.89. The second kappa shape index (κ2) is 7.74. The number of aromatic nitrogens is 1. The number of para-hydroxylation sites is 1. The molecule has 1 aromatic carbocycles. The van der Waals surface area contributed by atoms with Crippen molar-refractivity contribution in [2.75, 3.05) is 25.0 Å². The maximum absolute atomic E-state index is 14.2. The summed E-state index contributed by atoms with van der Waals surface area (Å²) in [5, 5.41) is 3.26.